The van der Waals surface area contributed by atoms with Crippen LogP contribution in [-0.4, -0.2) is 21.3 Å². The van der Waals surface area contributed by atoms with Crippen LogP contribution in [0.1, 0.15) is 63.1 Å². The normalized spacial score (nSPS) is 25.5. The van der Waals surface area contributed by atoms with Crippen LogP contribution >= 0.6 is 0 Å². The lowest BCUT2D eigenvalue weighted by Crippen LogP contribution is -2.28. The second-order valence-electron chi connectivity index (χ2n) is 5.46. The van der Waals surface area contributed by atoms with Crippen molar-refractivity contribution in [2.75, 3.05) is 6.54 Å². The first kappa shape index (κ1) is 12.6. The van der Waals surface area contributed by atoms with Crippen molar-refractivity contribution in [1.29, 1.82) is 0 Å². The number of hydrogen-bond donors (Lipinski definition) is 1. The van der Waals surface area contributed by atoms with Gasteiger partial charge in [0.15, 0.2) is 0 Å². The average molecular weight is 236 g/mol. The van der Waals surface area contributed by atoms with E-state index in [-0.39, 0.29) is 0 Å². The van der Waals surface area contributed by atoms with Gasteiger partial charge in [0.05, 0.1) is 0 Å². The minimum Gasteiger partial charge on any atom is -0.330 e. The first-order valence-corrected chi connectivity index (χ1v) is 6.76. The molecule has 2 rings (SSSR count). The molecule has 1 aliphatic rings. The van der Waals surface area contributed by atoms with Gasteiger partial charge in [0.25, 0.3) is 0 Å². The van der Waals surface area contributed by atoms with Gasteiger partial charge in [-0.1, -0.05) is 12.8 Å². The van der Waals surface area contributed by atoms with Crippen LogP contribution in [0.25, 0.3) is 0 Å². The highest BCUT2D eigenvalue weighted by molar-refractivity contribution is 5.06. The summed E-state index contributed by atoms with van der Waals surface area (Å²) in [4.78, 5) is 0. The van der Waals surface area contributed by atoms with Gasteiger partial charge in [-0.2, -0.15) is 0 Å². The molecule has 4 heteroatoms. The first-order valence-electron chi connectivity index (χ1n) is 6.76. The molecule has 17 heavy (non-hydrogen) atoms. The molecule has 2 unspecified atom stereocenters. The van der Waals surface area contributed by atoms with E-state index in [1.165, 1.54) is 25.7 Å². The van der Waals surface area contributed by atoms with E-state index in [0.717, 1.165) is 18.2 Å². The molecule has 0 spiro atoms. The zero-order valence-corrected chi connectivity index (χ0v) is 11.2. The molecule has 0 aliphatic heterocycles. The Bertz CT molecular complexity index is 369. The van der Waals surface area contributed by atoms with Gasteiger partial charge >= 0.3 is 0 Å². The summed E-state index contributed by atoms with van der Waals surface area (Å²) in [6.07, 6.45) is 5.07. The summed E-state index contributed by atoms with van der Waals surface area (Å²) in [6.45, 7) is 7.20. The average Bonchev–Trinajstić information content (AvgIpc) is 2.71. The van der Waals surface area contributed by atoms with Crippen molar-refractivity contribution >= 4 is 0 Å². The van der Waals surface area contributed by atoms with E-state index in [0.29, 0.717) is 17.9 Å². The number of aromatic nitrogens is 3. The predicted molar refractivity (Wildman–Crippen MR) is 68.9 cm³/mol. The lowest BCUT2D eigenvalue weighted by Gasteiger charge is -2.30. The smallest absolute Gasteiger partial charge is 0.136 e. The van der Waals surface area contributed by atoms with Gasteiger partial charge in [0, 0.05) is 12.0 Å². The summed E-state index contributed by atoms with van der Waals surface area (Å²) in [7, 11) is 0. The van der Waals surface area contributed by atoms with Crippen molar-refractivity contribution in [1.82, 2.24) is 14.8 Å². The van der Waals surface area contributed by atoms with E-state index in [1.807, 2.05) is 6.92 Å². The van der Waals surface area contributed by atoms with E-state index >= 15 is 0 Å². The summed E-state index contributed by atoms with van der Waals surface area (Å²) in [5.41, 5.74) is 5.91. The third-order valence-electron chi connectivity index (χ3n) is 3.95. The SMILES string of the molecule is Cc1nnc(C2CCCCC2CN)n1C(C)C. The lowest BCUT2D eigenvalue weighted by atomic mass is 9.78. The van der Waals surface area contributed by atoms with Gasteiger partial charge < -0.3 is 10.3 Å². The lowest BCUT2D eigenvalue weighted by molar-refractivity contribution is 0.294. The van der Waals surface area contributed by atoms with Crippen molar-refractivity contribution in [3.8, 4) is 0 Å². The number of nitrogens with zero attached hydrogens (tertiary/aromatic N) is 3. The van der Waals surface area contributed by atoms with Crippen molar-refractivity contribution in [2.24, 2.45) is 11.7 Å². The van der Waals surface area contributed by atoms with E-state index in [9.17, 15) is 0 Å². The highest BCUT2D eigenvalue weighted by Crippen LogP contribution is 2.37. The molecule has 2 atom stereocenters. The molecule has 1 aromatic heterocycles. The van der Waals surface area contributed by atoms with E-state index in [2.05, 4.69) is 28.6 Å². The Morgan fingerprint density at radius 2 is 2.00 bits per heavy atom. The van der Waals surface area contributed by atoms with Gasteiger partial charge in [-0.25, -0.2) is 0 Å². The second-order valence-corrected chi connectivity index (χ2v) is 5.46. The number of hydrogen-bond acceptors (Lipinski definition) is 3. The Morgan fingerprint density at radius 3 is 2.65 bits per heavy atom. The summed E-state index contributed by atoms with van der Waals surface area (Å²) < 4.78 is 2.28. The molecule has 4 nitrogen and oxygen atoms in total. The minimum absolute atomic E-state index is 0.431. The van der Waals surface area contributed by atoms with Crippen LogP contribution in [-0.2, 0) is 0 Å². The molecule has 0 saturated heterocycles. The van der Waals surface area contributed by atoms with Gasteiger partial charge in [-0.3, -0.25) is 0 Å². The molecule has 1 aliphatic carbocycles. The highest BCUT2D eigenvalue weighted by Gasteiger charge is 2.30. The molecule has 1 heterocycles. The predicted octanol–water partition coefficient (Wildman–Crippen LogP) is 2.40. The Hall–Kier alpha value is -0.900. The fourth-order valence-corrected chi connectivity index (χ4v) is 3.11. The van der Waals surface area contributed by atoms with Gasteiger partial charge in [-0.05, 0) is 46.1 Å². The summed E-state index contributed by atoms with van der Waals surface area (Å²) in [5, 5.41) is 8.67. The molecule has 1 fully saturated rings. The molecule has 0 radical (unpaired) electrons. The molecular weight excluding hydrogens is 212 g/mol. The zero-order chi connectivity index (χ0) is 12.4. The third kappa shape index (κ3) is 2.37. The van der Waals surface area contributed by atoms with Crippen molar-refractivity contribution in [3.05, 3.63) is 11.6 Å². The summed E-state index contributed by atoms with van der Waals surface area (Å²) >= 11 is 0. The number of nitrogens with two attached hydrogens (primary N) is 1. The van der Waals surface area contributed by atoms with Crippen molar-refractivity contribution < 1.29 is 0 Å². The highest BCUT2D eigenvalue weighted by atomic mass is 15.3. The molecule has 0 bridgehead atoms. The maximum Gasteiger partial charge on any atom is 0.136 e. The molecule has 0 amide bonds. The standard InChI is InChI=1S/C13H24N4/c1-9(2)17-10(3)15-16-13(17)12-7-5-4-6-11(12)8-14/h9,11-12H,4-8,14H2,1-3H3. The molecule has 96 valence electrons. The number of rotatable bonds is 3. The fourth-order valence-electron chi connectivity index (χ4n) is 3.11. The molecule has 2 N–H and O–H groups in total. The Balaban J connectivity index is 2.31. The Labute approximate surface area is 104 Å². The zero-order valence-electron chi connectivity index (χ0n) is 11.2. The summed E-state index contributed by atoms with van der Waals surface area (Å²) in [5.74, 6) is 3.28. The van der Waals surface area contributed by atoms with E-state index in [4.69, 9.17) is 5.73 Å². The van der Waals surface area contributed by atoms with Gasteiger partial charge in [-0.15, -0.1) is 10.2 Å². The first-order chi connectivity index (χ1) is 8.15. The molecular formula is C13H24N4. The van der Waals surface area contributed by atoms with Crippen LogP contribution in [0, 0.1) is 12.8 Å². The molecule has 0 aromatic carbocycles. The van der Waals surface area contributed by atoms with Crippen LogP contribution in [0.15, 0.2) is 0 Å². The minimum atomic E-state index is 0.431. The molecule has 1 saturated carbocycles. The topological polar surface area (TPSA) is 56.7 Å². The monoisotopic (exact) mass is 236 g/mol. The van der Waals surface area contributed by atoms with E-state index < -0.39 is 0 Å². The van der Waals surface area contributed by atoms with Gasteiger partial charge in [0.2, 0.25) is 0 Å². The van der Waals surface area contributed by atoms with Crippen LogP contribution in [0.5, 0.6) is 0 Å². The largest absolute Gasteiger partial charge is 0.330 e. The summed E-state index contributed by atoms with van der Waals surface area (Å²) in [6, 6.07) is 0.431. The van der Waals surface area contributed by atoms with Crippen molar-refractivity contribution in [2.45, 2.75) is 58.4 Å². The third-order valence-corrected chi connectivity index (χ3v) is 3.95. The maximum atomic E-state index is 5.91. The number of aryl methyl sites for hydroxylation is 1. The van der Waals surface area contributed by atoms with E-state index in [1.54, 1.807) is 0 Å². The van der Waals surface area contributed by atoms with Crippen molar-refractivity contribution in [3.63, 3.8) is 0 Å². The van der Waals surface area contributed by atoms with Gasteiger partial charge in [0.1, 0.15) is 11.6 Å². The van der Waals surface area contributed by atoms with Crippen LogP contribution in [0.3, 0.4) is 0 Å². The Morgan fingerprint density at radius 1 is 1.29 bits per heavy atom. The van der Waals surface area contributed by atoms with Crippen LogP contribution < -0.4 is 5.73 Å². The van der Waals surface area contributed by atoms with Crippen LogP contribution in [0.4, 0.5) is 0 Å². The second kappa shape index (κ2) is 5.17. The Kier molecular flexibility index (Phi) is 3.82. The quantitative estimate of drug-likeness (QED) is 0.876. The fraction of sp³-hybridized carbons (Fsp3) is 0.846. The maximum absolute atomic E-state index is 5.91. The molecule has 1 aromatic rings. The van der Waals surface area contributed by atoms with Crippen LogP contribution in [0.2, 0.25) is 0 Å².